The average Bonchev–Trinajstić information content (AvgIpc) is 3.61. The Kier molecular flexibility index (Phi) is 8.61. The summed E-state index contributed by atoms with van der Waals surface area (Å²) in [5, 5.41) is 15.8. The van der Waals surface area contributed by atoms with Crippen molar-refractivity contribution in [2.24, 2.45) is 0 Å². The smallest absolute Gasteiger partial charge is 0.258 e. The van der Waals surface area contributed by atoms with Gasteiger partial charge in [0.05, 0.1) is 25.8 Å². The average molecular weight is 517 g/mol. The SMILES string of the molecule is COc1cc(-c2nc(-c3cc(Cl)c(OCCCNC(=O)CO)c(OC)c3)no2)cc(C2CCCC2)n1. The minimum Gasteiger partial charge on any atom is -0.493 e. The Morgan fingerprint density at radius 3 is 2.67 bits per heavy atom. The minimum absolute atomic E-state index is 0.292. The summed E-state index contributed by atoms with van der Waals surface area (Å²) in [7, 11) is 3.10. The van der Waals surface area contributed by atoms with Gasteiger partial charge in [0.25, 0.3) is 5.89 Å². The molecule has 1 saturated carbocycles. The molecule has 1 aromatic carbocycles. The lowest BCUT2D eigenvalue weighted by Crippen LogP contribution is -2.28. The molecule has 192 valence electrons. The number of aliphatic hydroxyl groups is 1. The number of aliphatic hydroxyl groups excluding tert-OH is 1. The minimum atomic E-state index is -0.545. The maximum atomic E-state index is 11.1. The maximum absolute atomic E-state index is 11.1. The first-order valence-corrected chi connectivity index (χ1v) is 12.2. The van der Waals surface area contributed by atoms with Crippen LogP contribution in [0, 0.1) is 0 Å². The molecule has 2 N–H and O–H groups in total. The van der Waals surface area contributed by atoms with E-state index in [1.54, 1.807) is 25.3 Å². The normalized spacial score (nSPS) is 13.6. The molecule has 11 heteroatoms. The number of hydrogen-bond donors (Lipinski definition) is 2. The first-order valence-electron chi connectivity index (χ1n) is 11.8. The zero-order chi connectivity index (χ0) is 25.5. The molecule has 36 heavy (non-hydrogen) atoms. The number of halogens is 1. The summed E-state index contributed by atoms with van der Waals surface area (Å²) < 4.78 is 22.2. The molecule has 1 fully saturated rings. The van der Waals surface area contributed by atoms with Crippen LogP contribution in [0.1, 0.15) is 43.7 Å². The fourth-order valence-corrected chi connectivity index (χ4v) is 4.43. The van der Waals surface area contributed by atoms with Crippen LogP contribution in [0.15, 0.2) is 28.8 Å². The molecule has 0 saturated heterocycles. The number of carbonyl (C=O) groups is 1. The molecule has 1 aliphatic carbocycles. The fourth-order valence-electron chi connectivity index (χ4n) is 4.16. The van der Waals surface area contributed by atoms with Gasteiger partial charge in [-0.1, -0.05) is 29.6 Å². The van der Waals surface area contributed by atoms with Crippen LogP contribution in [0.4, 0.5) is 0 Å². The van der Waals surface area contributed by atoms with Crippen LogP contribution in [0.5, 0.6) is 17.4 Å². The second kappa shape index (κ2) is 12.0. The number of benzene rings is 1. The van der Waals surface area contributed by atoms with Crippen molar-refractivity contribution in [2.45, 2.75) is 38.0 Å². The number of methoxy groups -OCH3 is 2. The standard InChI is InChI=1S/C25H29ClN4O6/c1-33-20-12-16(10-18(26)23(20)35-9-5-8-27-21(32)14-31)24-29-25(36-30-24)17-11-19(15-6-3-4-7-15)28-22(13-17)34-2/h10-13,15,31H,3-9,14H2,1-2H3,(H,27,32). The predicted molar refractivity (Wildman–Crippen MR) is 132 cm³/mol. The molecule has 2 aromatic heterocycles. The molecule has 0 unspecified atom stereocenters. The van der Waals surface area contributed by atoms with Crippen LogP contribution in [-0.2, 0) is 4.79 Å². The lowest BCUT2D eigenvalue weighted by molar-refractivity contribution is -0.123. The molecule has 0 bridgehead atoms. The van der Waals surface area contributed by atoms with Crippen LogP contribution in [-0.4, -0.2) is 60.1 Å². The van der Waals surface area contributed by atoms with Gasteiger partial charge in [-0.3, -0.25) is 4.79 Å². The van der Waals surface area contributed by atoms with E-state index in [2.05, 4.69) is 20.4 Å². The molecule has 0 radical (unpaired) electrons. The Labute approximate surface area is 213 Å². The highest BCUT2D eigenvalue weighted by atomic mass is 35.5. The monoisotopic (exact) mass is 516 g/mol. The summed E-state index contributed by atoms with van der Waals surface area (Å²) in [5.41, 5.74) is 2.32. The summed E-state index contributed by atoms with van der Waals surface area (Å²) in [5.74, 6) is 1.97. The molecule has 4 rings (SSSR count). The lowest BCUT2D eigenvalue weighted by atomic mass is 10.0. The first kappa shape index (κ1) is 25.7. The number of carbonyl (C=O) groups excluding carboxylic acids is 1. The third-order valence-corrected chi connectivity index (χ3v) is 6.28. The van der Waals surface area contributed by atoms with Gasteiger partial charge < -0.3 is 29.2 Å². The van der Waals surface area contributed by atoms with Crippen LogP contribution in [0.2, 0.25) is 5.02 Å². The molecule has 10 nitrogen and oxygen atoms in total. The van der Waals surface area contributed by atoms with Crippen LogP contribution in [0.25, 0.3) is 22.8 Å². The molecule has 0 spiro atoms. The Morgan fingerprint density at radius 2 is 1.94 bits per heavy atom. The number of aromatic nitrogens is 3. The summed E-state index contributed by atoms with van der Waals surface area (Å²) in [6.07, 6.45) is 5.15. The lowest BCUT2D eigenvalue weighted by Gasteiger charge is -2.13. The summed E-state index contributed by atoms with van der Waals surface area (Å²) in [6.45, 7) is 0.113. The Bertz CT molecular complexity index is 1200. The van der Waals surface area contributed by atoms with Crippen LogP contribution >= 0.6 is 11.6 Å². The van der Waals surface area contributed by atoms with Crippen LogP contribution in [0.3, 0.4) is 0 Å². The Balaban J connectivity index is 1.52. The molecule has 3 aromatic rings. The summed E-state index contributed by atoms with van der Waals surface area (Å²) in [4.78, 5) is 20.3. The number of nitrogens with zero attached hydrogens (tertiary/aromatic N) is 3. The molecule has 1 amide bonds. The highest BCUT2D eigenvalue weighted by molar-refractivity contribution is 6.32. The van der Waals surface area contributed by atoms with Crippen molar-refractivity contribution in [1.82, 2.24) is 20.4 Å². The van der Waals surface area contributed by atoms with E-state index in [1.165, 1.54) is 20.0 Å². The van der Waals surface area contributed by atoms with E-state index in [0.29, 0.717) is 65.2 Å². The van der Waals surface area contributed by atoms with Gasteiger partial charge >= 0.3 is 0 Å². The van der Waals surface area contributed by atoms with E-state index in [4.69, 9.17) is 35.4 Å². The third-order valence-electron chi connectivity index (χ3n) is 6.00. The molecule has 0 aliphatic heterocycles. The summed E-state index contributed by atoms with van der Waals surface area (Å²) in [6, 6.07) is 7.17. The van der Waals surface area contributed by atoms with E-state index in [0.717, 1.165) is 24.1 Å². The van der Waals surface area contributed by atoms with E-state index >= 15 is 0 Å². The van der Waals surface area contributed by atoms with Crippen molar-refractivity contribution in [3.63, 3.8) is 0 Å². The Morgan fingerprint density at radius 1 is 1.14 bits per heavy atom. The van der Waals surface area contributed by atoms with Gasteiger partial charge in [0, 0.05) is 35.3 Å². The molecular weight excluding hydrogens is 488 g/mol. The summed E-state index contributed by atoms with van der Waals surface area (Å²) >= 11 is 6.49. The van der Waals surface area contributed by atoms with Gasteiger partial charge in [-0.05, 0) is 37.5 Å². The zero-order valence-corrected chi connectivity index (χ0v) is 21.0. The van der Waals surface area contributed by atoms with Gasteiger partial charge in [-0.25, -0.2) is 4.98 Å². The van der Waals surface area contributed by atoms with Gasteiger partial charge in [-0.2, -0.15) is 4.98 Å². The maximum Gasteiger partial charge on any atom is 0.258 e. The van der Waals surface area contributed by atoms with Crippen molar-refractivity contribution >= 4 is 17.5 Å². The van der Waals surface area contributed by atoms with Crippen molar-refractivity contribution in [1.29, 1.82) is 0 Å². The molecule has 0 atom stereocenters. The highest BCUT2D eigenvalue weighted by Crippen LogP contribution is 2.40. The van der Waals surface area contributed by atoms with Crippen molar-refractivity contribution < 1.29 is 28.6 Å². The van der Waals surface area contributed by atoms with Gasteiger partial charge in [0.1, 0.15) is 6.61 Å². The second-order valence-electron chi connectivity index (χ2n) is 8.43. The largest absolute Gasteiger partial charge is 0.493 e. The first-order chi connectivity index (χ1) is 17.5. The number of ether oxygens (including phenoxy) is 3. The van der Waals surface area contributed by atoms with Gasteiger partial charge in [-0.15, -0.1) is 0 Å². The Hall–Kier alpha value is -3.37. The number of rotatable bonds is 11. The van der Waals surface area contributed by atoms with Gasteiger partial charge in [0.15, 0.2) is 11.5 Å². The van der Waals surface area contributed by atoms with E-state index in [-0.39, 0.29) is 0 Å². The molecule has 1 aliphatic rings. The van der Waals surface area contributed by atoms with E-state index in [9.17, 15) is 4.79 Å². The fraction of sp³-hybridized carbons (Fsp3) is 0.440. The van der Waals surface area contributed by atoms with Crippen molar-refractivity contribution in [2.75, 3.05) is 34.0 Å². The predicted octanol–water partition coefficient (Wildman–Crippen LogP) is 4.00. The molecule has 2 heterocycles. The number of hydrogen-bond acceptors (Lipinski definition) is 9. The van der Waals surface area contributed by atoms with Gasteiger partial charge in [0.2, 0.25) is 17.6 Å². The highest BCUT2D eigenvalue weighted by Gasteiger charge is 2.22. The zero-order valence-electron chi connectivity index (χ0n) is 20.3. The number of amides is 1. The topological polar surface area (TPSA) is 129 Å². The number of nitrogens with one attached hydrogen (secondary N) is 1. The van der Waals surface area contributed by atoms with Crippen LogP contribution < -0.4 is 19.5 Å². The van der Waals surface area contributed by atoms with E-state index in [1.807, 2.05) is 6.07 Å². The second-order valence-corrected chi connectivity index (χ2v) is 8.83. The van der Waals surface area contributed by atoms with Crippen molar-refractivity contribution in [3.8, 4) is 40.2 Å². The molecular formula is C25H29ClN4O6. The van der Waals surface area contributed by atoms with Crippen molar-refractivity contribution in [3.05, 3.63) is 35.0 Å². The quantitative estimate of drug-likeness (QED) is 0.363. The third kappa shape index (κ3) is 6.06. The van der Waals surface area contributed by atoms with E-state index < -0.39 is 12.5 Å². The number of pyridine rings is 1.